The third-order valence-electron chi connectivity index (χ3n) is 3.36. The summed E-state index contributed by atoms with van der Waals surface area (Å²) < 4.78 is 0. The van der Waals surface area contributed by atoms with Crippen molar-refractivity contribution in [2.24, 2.45) is 4.99 Å². The molecule has 0 aromatic rings. The Hall–Kier alpha value is -0.610. The van der Waals surface area contributed by atoms with Crippen molar-refractivity contribution in [3.8, 4) is 0 Å². The summed E-state index contributed by atoms with van der Waals surface area (Å²) in [6.07, 6.45) is 6.37. The Bertz CT molecular complexity index is 358. The molecule has 0 bridgehead atoms. The normalized spacial score (nSPS) is 23.2. The molecular formula is C13H20N2OS. The highest BCUT2D eigenvalue weighted by atomic mass is 32.2. The second-order valence-corrected chi connectivity index (χ2v) is 6.03. The Balaban J connectivity index is 2.09. The SMILES string of the molecule is CC=NC1=C(C(=O)SC2CCC2)CN(C)CC1. The van der Waals surface area contributed by atoms with Gasteiger partial charge >= 0.3 is 0 Å². The molecule has 3 nitrogen and oxygen atoms in total. The molecule has 94 valence electrons. The molecule has 1 heterocycles. The Morgan fingerprint density at radius 3 is 2.88 bits per heavy atom. The maximum absolute atomic E-state index is 12.2. The van der Waals surface area contributed by atoms with Crippen LogP contribution in [0.3, 0.4) is 0 Å². The Kier molecular flexibility index (Phi) is 4.40. The zero-order valence-electron chi connectivity index (χ0n) is 10.6. The van der Waals surface area contributed by atoms with Crippen molar-refractivity contribution in [3.63, 3.8) is 0 Å². The second kappa shape index (κ2) is 5.83. The Labute approximate surface area is 107 Å². The van der Waals surface area contributed by atoms with E-state index in [0.717, 1.165) is 30.8 Å². The number of aliphatic imine (C=N–C) groups is 1. The topological polar surface area (TPSA) is 32.7 Å². The summed E-state index contributed by atoms with van der Waals surface area (Å²) in [5, 5.41) is 0.816. The van der Waals surface area contributed by atoms with Crippen molar-refractivity contribution in [1.29, 1.82) is 0 Å². The molecule has 0 amide bonds. The van der Waals surface area contributed by atoms with E-state index in [0.29, 0.717) is 5.25 Å². The molecule has 0 aromatic heterocycles. The molecule has 0 aromatic carbocycles. The maximum atomic E-state index is 12.2. The summed E-state index contributed by atoms with van der Waals surface area (Å²) >= 11 is 1.53. The average molecular weight is 252 g/mol. The zero-order valence-corrected chi connectivity index (χ0v) is 11.4. The van der Waals surface area contributed by atoms with E-state index in [4.69, 9.17) is 0 Å². The van der Waals surface area contributed by atoms with Crippen molar-refractivity contribution < 1.29 is 4.79 Å². The van der Waals surface area contributed by atoms with Crippen LogP contribution in [-0.4, -0.2) is 41.6 Å². The molecule has 4 heteroatoms. The van der Waals surface area contributed by atoms with Crippen molar-refractivity contribution in [3.05, 3.63) is 11.3 Å². The summed E-state index contributed by atoms with van der Waals surface area (Å²) in [6.45, 7) is 3.66. The molecule has 2 aliphatic rings. The van der Waals surface area contributed by atoms with Crippen molar-refractivity contribution >= 4 is 23.1 Å². The van der Waals surface area contributed by atoms with Crippen molar-refractivity contribution in [2.45, 2.75) is 37.9 Å². The fraction of sp³-hybridized carbons (Fsp3) is 0.692. The minimum Gasteiger partial charge on any atom is -0.301 e. The fourth-order valence-electron chi connectivity index (χ4n) is 2.08. The lowest BCUT2D eigenvalue weighted by Crippen LogP contribution is -2.31. The standard InChI is InChI=1S/C13H20N2OS/c1-3-14-12-7-8-15(2)9-11(12)13(16)17-10-5-4-6-10/h3,10H,4-9H2,1-2H3. The minimum absolute atomic E-state index is 0.252. The first-order chi connectivity index (χ1) is 8.20. The van der Waals surface area contributed by atoms with E-state index in [1.165, 1.54) is 31.0 Å². The van der Waals surface area contributed by atoms with Crippen LogP contribution in [-0.2, 0) is 4.79 Å². The summed E-state index contributed by atoms with van der Waals surface area (Å²) in [4.78, 5) is 18.8. The lowest BCUT2D eigenvalue weighted by molar-refractivity contribution is -0.108. The van der Waals surface area contributed by atoms with Gasteiger partial charge < -0.3 is 4.90 Å². The number of nitrogens with zero attached hydrogens (tertiary/aromatic N) is 2. The highest BCUT2D eigenvalue weighted by molar-refractivity contribution is 8.14. The molecule has 1 aliphatic carbocycles. The predicted molar refractivity (Wildman–Crippen MR) is 73.5 cm³/mol. The van der Waals surface area contributed by atoms with E-state index in [1.807, 2.05) is 6.92 Å². The number of carbonyl (C=O) groups excluding carboxylic acids is 1. The smallest absolute Gasteiger partial charge is 0.218 e. The summed E-state index contributed by atoms with van der Waals surface area (Å²) in [6, 6.07) is 0. The van der Waals surface area contributed by atoms with Crippen molar-refractivity contribution in [2.75, 3.05) is 20.1 Å². The van der Waals surface area contributed by atoms with Crippen LogP contribution in [0, 0.1) is 0 Å². The van der Waals surface area contributed by atoms with Gasteiger partial charge in [-0.2, -0.15) is 0 Å². The van der Waals surface area contributed by atoms with Gasteiger partial charge in [-0.3, -0.25) is 9.79 Å². The first-order valence-electron chi connectivity index (χ1n) is 6.31. The number of thioether (sulfide) groups is 1. The van der Waals surface area contributed by atoms with Crippen LogP contribution in [0.25, 0.3) is 0 Å². The number of hydrogen-bond acceptors (Lipinski definition) is 4. The van der Waals surface area contributed by atoms with Gasteiger partial charge in [0.25, 0.3) is 0 Å². The molecule has 0 saturated heterocycles. The molecule has 1 aliphatic heterocycles. The van der Waals surface area contributed by atoms with Gasteiger partial charge in [-0.05, 0) is 26.8 Å². The maximum Gasteiger partial charge on any atom is 0.218 e. The largest absolute Gasteiger partial charge is 0.301 e. The van der Waals surface area contributed by atoms with E-state index in [1.54, 1.807) is 6.21 Å². The monoisotopic (exact) mass is 252 g/mol. The first-order valence-corrected chi connectivity index (χ1v) is 7.19. The molecule has 1 saturated carbocycles. The number of likely N-dealkylation sites (N-methyl/N-ethyl adjacent to an activating group) is 1. The molecule has 2 rings (SSSR count). The third-order valence-corrected chi connectivity index (χ3v) is 4.63. The van der Waals surface area contributed by atoms with Gasteiger partial charge in [0.2, 0.25) is 5.12 Å². The van der Waals surface area contributed by atoms with Crippen LogP contribution < -0.4 is 0 Å². The summed E-state index contributed by atoms with van der Waals surface area (Å²) in [5.74, 6) is 0. The van der Waals surface area contributed by atoms with E-state index in [9.17, 15) is 4.79 Å². The molecule has 0 atom stereocenters. The van der Waals surface area contributed by atoms with E-state index in [-0.39, 0.29) is 5.12 Å². The second-order valence-electron chi connectivity index (χ2n) is 4.76. The third kappa shape index (κ3) is 3.19. The van der Waals surface area contributed by atoms with E-state index >= 15 is 0 Å². The molecule has 0 radical (unpaired) electrons. The zero-order chi connectivity index (χ0) is 12.3. The minimum atomic E-state index is 0.252. The highest BCUT2D eigenvalue weighted by Gasteiger charge is 2.27. The molecule has 0 unspecified atom stereocenters. The molecule has 0 N–H and O–H groups in total. The van der Waals surface area contributed by atoms with Crippen molar-refractivity contribution in [1.82, 2.24) is 4.90 Å². The summed E-state index contributed by atoms with van der Waals surface area (Å²) in [7, 11) is 2.06. The molecule has 0 spiro atoms. The van der Waals surface area contributed by atoms with Gasteiger partial charge in [0.15, 0.2) is 0 Å². The first kappa shape index (κ1) is 12.8. The van der Waals surface area contributed by atoms with Crippen LogP contribution in [0.15, 0.2) is 16.3 Å². The van der Waals surface area contributed by atoms with Gasteiger partial charge in [-0.25, -0.2) is 0 Å². The molecular weight excluding hydrogens is 232 g/mol. The lowest BCUT2D eigenvalue weighted by Gasteiger charge is -2.28. The van der Waals surface area contributed by atoms with E-state index < -0.39 is 0 Å². The average Bonchev–Trinajstić information content (AvgIpc) is 2.26. The molecule has 1 fully saturated rings. The van der Waals surface area contributed by atoms with Crippen LogP contribution >= 0.6 is 11.8 Å². The van der Waals surface area contributed by atoms with Gasteiger partial charge in [-0.1, -0.05) is 18.2 Å². The number of carbonyl (C=O) groups is 1. The number of rotatable bonds is 3. The molecule has 17 heavy (non-hydrogen) atoms. The van der Waals surface area contributed by atoms with E-state index in [2.05, 4.69) is 16.9 Å². The quantitative estimate of drug-likeness (QED) is 0.723. The van der Waals surface area contributed by atoms with Gasteiger partial charge in [0, 0.05) is 36.5 Å². The van der Waals surface area contributed by atoms with Gasteiger partial charge in [0.1, 0.15) is 0 Å². The predicted octanol–water partition coefficient (Wildman–Crippen LogP) is 2.48. The van der Waals surface area contributed by atoms with Gasteiger partial charge in [0.05, 0.1) is 5.70 Å². The lowest BCUT2D eigenvalue weighted by atomic mass is 10.00. The van der Waals surface area contributed by atoms with Crippen LogP contribution in [0.2, 0.25) is 0 Å². The van der Waals surface area contributed by atoms with Crippen LogP contribution in [0.5, 0.6) is 0 Å². The number of hydrogen-bond donors (Lipinski definition) is 0. The van der Waals surface area contributed by atoms with Crippen LogP contribution in [0.1, 0.15) is 32.6 Å². The van der Waals surface area contributed by atoms with Crippen LogP contribution in [0.4, 0.5) is 0 Å². The fourth-order valence-corrected chi connectivity index (χ4v) is 3.28. The van der Waals surface area contributed by atoms with Gasteiger partial charge in [-0.15, -0.1) is 0 Å². The summed E-state index contributed by atoms with van der Waals surface area (Å²) in [5.41, 5.74) is 1.93. The Morgan fingerprint density at radius 2 is 2.29 bits per heavy atom. The Morgan fingerprint density at radius 1 is 1.53 bits per heavy atom. The highest BCUT2D eigenvalue weighted by Crippen LogP contribution is 2.34.